The van der Waals surface area contributed by atoms with Gasteiger partial charge in [-0.3, -0.25) is 9.59 Å². The highest BCUT2D eigenvalue weighted by Crippen LogP contribution is 2.31. The monoisotopic (exact) mass is 327 g/mol. The molecule has 2 aliphatic heterocycles. The fraction of sp³-hybridized carbons (Fsp3) is 0.353. The molecule has 124 valence electrons. The maximum absolute atomic E-state index is 12.9. The van der Waals surface area contributed by atoms with Crippen molar-refractivity contribution >= 4 is 11.9 Å². The quantitative estimate of drug-likeness (QED) is 0.903. The van der Waals surface area contributed by atoms with E-state index in [1.807, 2.05) is 24.3 Å². The van der Waals surface area contributed by atoms with Crippen LogP contribution in [0.15, 0.2) is 30.5 Å². The number of hydrogen-bond acceptors (Lipinski definition) is 4. The van der Waals surface area contributed by atoms with Gasteiger partial charge in [0.25, 0.3) is 5.91 Å². The number of rotatable bonds is 2. The molecule has 0 bridgehead atoms. The van der Waals surface area contributed by atoms with Gasteiger partial charge in [0.15, 0.2) is 0 Å². The van der Waals surface area contributed by atoms with Crippen molar-refractivity contribution in [3.63, 3.8) is 0 Å². The third kappa shape index (κ3) is 2.33. The van der Waals surface area contributed by atoms with Crippen LogP contribution in [0.3, 0.4) is 0 Å². The summed E-state index contributed by atoms with van der Waals surface area (Å²) >= 11 is 0. The van der Waals surface area contributed by atoms with Crippen molar-refractivity contribution in [3.8, 4) is 5.88 Å². The van der Waals surface area contributed by atoms with Crippen LogP contribution in [0.5, 0.6) is 5.88 Å². The van der Waals surface area contributed by atoms with Gasteiger partial charge in [-0.15, -0.1) is 0 Å². The molecule has 0 fully saturated rings. The number of carboxylic acids is 1. The first-order valence-corrected chi connectivity index (χ1v) is 7.93. The van der Waals surface area contributed by atoms with Crippen molar-refractivity contribution in [2.24, 2.45) is 0 Å². The molecule has 1 N–H and O–H groups in total. The maximum Gasteiger partial charge on any atom is 0.312 e. The predicted octanol–water partition coefficient (Wildman–Crippen LogP) is 1.49. The SMILES string of the molecule is O=C(O)C1CN(C(=O)c2cnn3c2OCCC3)Cc2ccccc21. The standard InChI is InChI=1S/C17H17N3O4/c21-15(13-8-18-20-6-3-7-24-16(13)20)19-9-11-4-1-2-5-12(11)14(10-19)17(22)23/h1-2,4-5,8,14H,3,6-7,9-10H2,(H,22,23). The fourth-order valence-electron chi connectivity index (χ4n) is 3.36. The number of aryl methyl sites for hydroxylation is 1. The number of aliphatic carboxylic acids is 1. The first-order chi connectivity index (χ1) is 11.6. The number of amides is 1. The van der Waals surface area contributed by atoms with E-state index in [9.17, 15) is 14.7 Å². The zero-order valence-corrected chi connectivity index (χ0v) is 13.0. The molecule has 0 aliphatic carbocycles. The summed E-state index contributed by atoms with van der Waals surface area (Å²) in [5.41, 5.74) is 2.05. The minimum absolute atomic E-state index is 0.149. The molecule has 1 aromatic heterocycles. The Morgan fingerprint density at radius 1 is 1.29 bits per heavy atom. The second-order valence-corrected chi connectivity index (χ2v) is 6.06. The molecule has 0 saturated carbocycles. The highest BCUT2D eigenvalue weighted by atomic mass is 16.5. The van der Waals surface area contributed by atoms with Crippen LogP contribution in [0.1, 0.15) is 33.8 Å². The number of carbonyl (C=O) groups excluding carboxylic acids is 1. The van der Waals surface area contributed by atoms with E-state index in [2.05, 4.69) is 5.10 Å². The summed E-state index contributed by atoms with van der Waals surface area (Å²) in [5, 5.41) is 13.7. The topological polar surface area (TPSA) is 84.7 Å². The van der Waals surface area contributed by atoms with Gasteiger partial charge in [0.05, 0.1) is 18.7 Å². The van der Waals surface area contributed by atoms with Crippen LogP contribution >= 0.6 is 0 Å². The maximum atomic E-state index is 12.9. The van der Waals surface area contributed by atoms with Gasteiger partial charge in [-0.2, -0.15) is 5.10 Å². The lowest BCUT2D eigenvalue weighted by atomic mass is 9.89. The van der Waals surface area contributed by atoms with Crippen molar-refractivity contribution in [2.75, 3.05) is 13.2 Å². The highest BCUT2D eigenvalue weighted by Gasteiger charge is 2.34. The second-order valence-electron chi connectivity index (χ2n) is 6.06. The second kappa shape index (κ2) is 5.67. The van der Waals surface area contributed by atoms with Crippen molar-refractivity contribution in [2.45, 2.75) is 25.4 Å². The van der Waals surface area contributed by atoms with E-state index in [4.69, 9.17) is 4.74 Å². The average molecular weight is 327 g/mol. The Labute approximate surface area is 138 Å². The molecular weight excluding hydrogens is 310 g/mol. The van der Waals surface area contributed by atoms with Crippen LogP contribution in [0.25, 0.3) is 0 Å². The third-order valence-corrected chi connectivity index (χ3v) is 4.55. The van der Waals surface area contributed by atoms with E-state index in [0.717, 1.165) is 24.1 Å². The number of aromatic nitrogens is 2. The number of carbonyl (C=O) groups is 2. The summed E-state index contributed by atoms with van der Waals surface area (Å²) in [5.74, 6) is -1.39. The van der Waals surface area contributed by atoms with Crippen molar-refractivity contribution in [1.82, 2.24) is 14.7 Å². The van der Waals surface area contributed by atoms with Gasteiger partial charge in [-0.25, -0.2) is 4.68 Å². The molecule has 2 aliphatic rings. The Balaban J connectivity index is 1.66. The Morgan fingerprint density at radius 2 is 2.12 bits per heavy atom. The Morgan fingerprint density at radius 3 is 2.96 bits per heavy atom. The van der Waals surface area contributed by atoms with E-state index in [1.165, 1.54) is 6.20 Å². The summed E-state index contributed by atoms with van der Waals surface area (Å²) in [6.07, 6.45) is 2.37. The first-order valence-electron chi connectivity index (χ1n) is 7.93. The highest BCUT2D eigenvalue weighted by molar-refractivity contribution is 5.97. The lowest BCUT2D eigenvalue weighted by Gasteiger charge is -2.32. The molecule has 1 amide bonds. The molecule has 0 radical (unpaired) electrons. The number of nitrogens with zero attached hydrogens (tertiary/aromatic N) is 3. The van der Waals surface area contributed by atoms with Gasteiger partial charge < -0.3 is 14.7 Å². The molecule has 1 aromatic carbocycles. The molecule has 1 unspecified atom stereocenters. The van der Waals surface area contributed by atoms with Crippen LogP contribution in [0.4, 0.5) is 0 Å². The van der Waals surface area contributed by atoms with Crippen molar-refractivity contribution in [3.05, 3.63) is 47.2 Å². The van der Waals surface area contributed by atoms with E-state index >= 15 is 0 Å². The molecule has 4 rings (SSSR count). The van der Waals surface area contributed by atoms with Gasteiger partial charge in [0, 0.05) is 26.1 Å². The largest absolute Gasteiger partial charge is 0.481 e. The van der Waals surface area contributed by atoms with Gasteiger partial charge in [0.2, 0.25) is 5.88 Å². The minimum Gasteiger partial charge on any atom is -0.481 e. The van der Waals surface area contributed by atoms with Crippen LogP contribution in [0, 0.1) is 0 Å². The molecule has 1 atom stereocenters. The zero-order chi connectivity index (χ0) is 16.7. The van der Waals surface area contributed by atoms with E-state index in [0.29, 0.717) is 24.6 Å². The Kier molecular flexibility index (Phi) is 3.48. The Bertz CT molecular complexity index is 814. The average Bonchev–Trinajstić information content (AvgIpc) is 3.04. The van der Waals surface area contributed by atoms with Crippen LogP contribution in [-0.4, -0.2) is 44.8 Å². The molecular formula is C17H17N3O4. The Hall–Kier alpha value is -2.83. The number of benzene rings is 1. The molecule has 24 heavy (non-hydrogen) atoms. The minimum atomic E-state index is -0.923. The zero-order valence-electron chi connectivity index (χ0n) is 13.0. The number of ether oxygens (including phenoxy) is 1. The summed E-state index contributed by atoms with van der Waals surface area (Å²) in [4.78, 5) is 26.1. The first kappa shape index (κ1) is 14.7. The van der Waals surface area contributed by atoms with Crippen LogP contribution < -0.4 is 4.74 Å². The number of carboxylic acid groups (broad SMARTS) is 1. The molecule has 7 nitrogen and oxygen atoms in total. The van der Waals surface area contributed by atoms with Crippen molar-refractivity contribution in [1.29, 1.82) is 0 Å². The number of hydrogen-bond donors (Lipinski definition) is 1. The van der Waals surface area contributed by atoms with Crippen LogP contribution in [-0.2, 0) is 17.9 Å². The van der Waals surface area contributed by atoms with Gasteiger partial charge in [-0.1, -0.05) is 24.3 Å². The van der Waals surface area contributed by atoms with Crippen molar-refractivity contribution < 1.29 is 19.4 Å². The molecule has 0 saturated heterocycles. The summed E-state index contributed by atoms with van der Waals surface area (Å²) in [6, 6.07) is 7.38. The molecule has 2 aromatic rings. The van der Waals surface area contributed by atoms with Crippen LogP contribution in [0.2, 0.25) is 0 Å². The third-order valence-electron chi connectivity index (χ3n) is 4.55. The smallest absolute Gasteiger partial charge is 0.312 e. The van der Waals surface area contributed by atoms with Gasteiger partial charge >= 0.3 is 5.97 Å². The van der Waals surface area contributed by atoms with E-state index in [-0.39, 0.29) is 12.5 Å². The van der Waals surface area contributed by atoms with E-state index < -0.39 is 11.9 Å². The molecule has 3 heterocycles. The number of fused-ring (bicyclic) bond motifs is 2. The molecule has 7 heteroatoms. The van der Waals surface area contributed by atoms with Gasteiger partial charge in [-0.05, 0) is 11.1 Å². The lowest BCUT2D eigenvalue weighted by Crippen LogP contribution is -2.40. The summed E-state index contributed by atoms with van der Waals surface area (Å²) in [6.45, 7) is 1.83. The van der Waals surface area contributed by atoms with E-state index in [1.54, 1.807) is 9.58 Å². The molecule has 0 spiro atoms. The van der Waals surface area contributed by atoms with Gasteiger partial charge in [0.1, 0.15) is 5.56 Å². The summed E-state index contributed by atoms with van der Waals surface area (Å²) in [7, 11) is 0. The summed E-state index contributed by atoms with van der Waals surface area (Å²) < 4.78 is 7.27. The lowest BCUT2D eigenvalue weighted by molar-refractivity contribution is -0.139. The predicted molar refractivity (Wildman–Crippen MR) is 83.9 cm³/mol. The fourth-order valence-corrected chi connectivity index (χ4v) is 3.36. The normalized spacial score (nSPS) is 19.2.